The highest BCUT2D eigenvalue weighted by atomic mass is 16.5. The molecular formula is C22H29N4O3+. The molecule has 1 fully saturated rings. The molecule has 0 saturated carbocycles. The minimum Gasteiger partial charge on any atom is -0.497 e. The first-order valence-electron chi connectivity index (χ1n) is 9.99. The van der Waals surface area contributed by atoms with Gasteiger partial charge >= 0.3 is 6.03 Å². The number of hydrogen-bond donors (Lipinski definition) is 3. The van der Waals surface area contributed by atoms with E-state index in [0.717, 1.165) is 48.1 Å². The number of carbonyl (C=O) groups excluding carboxylic acids is 2. The molecule has 0 bridgehead atoms. The Balaban J connectivity index is 1.70. The van der Waals surface area contributed by atoms with E-state index in [-0.39, 0.29) is 5.91 Å². The number of hydrogen-bond acceptors (Lipinski definition) is 4. The summed E-state index contributed by atoms with van der Waals surface area (Å²) < 4.78 is 5.23. The number of urea groups is 1. The summed E-state index contributed by atoms with van der Waals surface area (Å²) in [6.45, 7) is 5.56. The summed E-state index contributed by atoms with van der Waals surface area (Å²) in [5.41, 5.74) is 2.06. The zero-order valence-electron chi connectivity index (χ0n) is 17.0. The van der Waals surface area contributed by atoms with Crippen LogP contribution in [0.15, 0.2) is 54.6 Å². The van der Waals surface area contributed by atoms with Crippen molar-refractivity contribution in [2.24, 2.45) is 0 Å². The van der Waals surface area contributed by atoms with E-state index in [0.29, 0.717) is 6.54 Å². The molecule has 2 aromatic carbocycles. The van der Waals surface area contributed by atoms with Gasteiger partial charge in [-0.1, -0.05) is 30.3 Å². The summed E-state index contributed by atoms with van der Waals surface area (Å²) >= 11 is 0. The molecule has 1 heterocycles. The zero-order valence-corrected chi connectivity index (χ0v) is 17.0. The van der Waals surface area contributed by atoms with Crippen molar-refractivity contribution in [2.45, 2.75) is 13.0 Å². The van der Waals surface area contributed by atoms with Crippen molar-refractivity contribution in [1.82, 2.24) is 10.6 Å². The standard InChI is InChI=1S/C22H28N4O3/c1-3-23-22(28)24-21(27)20(17-7-5-4-6-8-17)26-15-13-25(14-16-26)18-9-11-19(29-2)12-10-18/h4-12,20H,3,13-16H2,1-2H3,(H2,23,24,27,28)/p+1/t20-/m0/s1. The number of carbonyl (C=O) groups is 2. The molecule has 7 heteroatoms. The Morgan fingerprint density at radius 1 is 1.07 bits per heavy atom. The van der Waals surface area contributed by atoms with Crippen LogP contribution in [0.2, 0.25) is 0 Å². The smallest absolute Gasteiger partial charge is 0.321 e. The first-order valence-corrected chi connectivity index (χ1v) is 9.99. The fraction of sp³-hybridized carbons (Fsp3) is 0.364. The molecule has 1 aliphatic heterocycles. The monoisotopic (exact) mass is 397 g/mol. The molecule has 1 saturated heterocycles. The van der Waals surface area contributed by atoms with Gasteiger partial charge in [0, 0.05) is 17.8 Å². The van der Waals surface area contributed by atoms with Crippen LogP contribution in [-0.4, -0.2) is 51.8 Å². The second-order valence-corrected chi connectivity index (χ2v) is 7.04. The minimum atomic E-state index is -0.449. The highest BCUT2D eigenvalue weighted by molar-refractivity contribution is 5.96. The number of quaternary nitrogens is 1. The van der Waals surface area contributed by atoms with E-state index in [1.807, 2.05) is 49.4 Å². The molecule has 0 aliphatic carbocycles. The zero-order chi connectivity index (χ0) is 20.6. The SMILES string of the molecule is CCNC(=O)NC(=O)[C@H](c1ccccc1)[NH+]1CCN(c2ccc(OC)cc2)CC1. The lowest BCUT2D eigenvalue weighted by Gasteiger charge is -2.37. The van der Waals surface area contributed by atoms with Gasteiger partial charge in [0.2, 0.25) is 0 Å². The highest BCUT2D eigenvalue weighted by Gasteiger charge is 2.35. The number of methoxy groups -OCH3 is 1. The molecule has 7 nitrogen and oxygen atoms in total. The van der Waals surface area contributed by atoms with E-state index in [2.05, 4.69) is 27.7 Å². The molecule has 0 spiro atoms. The van der Waals surface area contributed by atoms with Gasteiger partial charge in [-0.3, -0.25) is 10.1 Å². The maximum absolute atomic E-state index is 12.9. The maximum atomic E-state index is 12.9. The average Bonchev–Trinajstić information content (AvgIpc) is 2.75. The largest absolute Gasteiger partial charge is 0.497 e. The number of benzene rings is 2. The van der Waals surface area contributed by atoms with Gasteiger partial charge < -0.3 is 19.9 Å². The van der Waals surface area contributed by atoms with E-state index in [1.165, 1.54) is 0 Å². The van der Waals surface area contributed by atoms with Crippen LogP contribution in [0.25, 0.3) is 0 Å². The second-order valence-electron chi connectivity index (χ2n) is 7.04. The molecular weight excluding hydrogens is 368 g/mol. The number of amides is 3. The van der Waals surface area contributed by atoms with Crippen LogP contribution in [0.4, 0.5) is 10.5 Å². The normalized spacial score (nSPS) is 15.4. The van der Waals surface area contributed by atoms with Crippen molar-refractivity contribution < 1.29 is 19.2 Å². The third kappa shape index (κ3) is 5.26. The fourth-order valence-corrected chi connectivity index (χ4v) is 3.74. The molecule has 1 aliphatic rings. The average molecular weight is 397 g/mol. The molecule has 2 aromatic rings. The maximum Gasteiger partial charge on any atom is 0.321 e. The van der Waals surface area contributed by atoms with Crippen LogP contribution in [0.1, 0.15) is 18.5 Å². The van der Waals surface area contributed by atoms with Crippen LogP contribution in [0.3, 0.4) is 0 Å². The van der Waals surface area contributed by atoms with Gasteiger partial charge in [-0.2, -0.15) is 0 Å². The Morgan fingerprint density at radius 3 is 2.31 bits per heavy atom. The van der Waals surface area contributed by atoms with E-state index < -0.39 is 12.1 Å². The van der Waals surface area contributed by atoms with Crippen LogP contribution >= 0.6 is 0 Å². The number of imide groups is 1. The third-order valence-electron chi connectivity index (χ3n) is 5.22. The van der Waals surface area contributed by atoms with Crippen LogP contribution in [0.5, 0.6) is 5.75 Å². The topological polar surface area (TPSA) is 75.1 Å². The first-order chi connectivity index (χ1) is 14.1. The Labute approximate surface area is 171 Å². The first kappa shape index (κ1) is 20.7. The second kappa shape index (κ2) is 9.93. The van der Waals surface area contributed by atoms with E-state index in [9.17, 15) is 9.59 Å². The number of anilines is 1. The predicted octanol–water partition coefficient (Wildman–Crippen LogP) is 0.987. The summed E-state index contributed by atoms with van der Waals surface area (Å²) in [6, 6.07) is 16.8. The third-order valence-corrected chi connectivity index (χ3v) is 5.22. The Morgan fingerprint density at radius 2 is 1.72 bits per heavy atom. The van der Waals surface area contributed by atoms with Gasteiger partial charge in [-0.05, 0) is 31.2 Å². The lowest BCUT2D eigenvalue weighted by atomic mass is 10.0. The van der Waals surface area contributed by atoms with E-state index in [1.54, 1.807) is 7.11 Å². The quantitative estimate of drug-likeness (QED) is 0.680. The van der Waals surface area contributed by atoms with Crippen molar-refractivity contribution in [3.8, 4) is 5.75 Å². The molecule has 3 N–H and O–H groups in total. The van der Waals surface area contributed by atoms with Gasteiger partial charge in [0.1, 0.15) is 5.75 Å². The van der Waals surface area contributed by atoms with E-state index in [4.69, 9.17) is 4.74 Å². The molecule has 154 valence electrons. The van der Waals surface area contributed by atoms with Crippen molar-refractivity contribution >= 4 is 17.6 Å². The van der Waals surface area contributed by atoms with Crippen molar-refractivity contribution in [1.29, 1.82) is 0 Å². The Kier molecular flexibility index (Phi) is 7.08. The highest BCUT2D eigenvalue weighted by Crippen LogP contribution is 2.19. The van der Waals surface area contributed by atoms with Gasteiger partial charge in [0.25, 0.3) is 5.91 Å². The van der Waals surface area contributed by atoms with Crippen molar-refractivity contribution in [2.75, 3.05) is 44.7 Å². The predicted molar refractivity (Wildman–Crippen MR) is 112 cm³/mol. The van der Waals surface area contributed by atoms with Gasteiger partial charge in [-0.25, -0.2) is 4.79 Å². The van der Waals surface area contributed by atoms with Crippen LogP contribution in [-0.2, 0) is 4.79 Å². The van der Waals surface area contributed by atoms with Crippen molar-refractivity contribution in [3.05, 3.63) is 60.2 Å². The van der Waals surface area contributed by atoms with E-state index >= 15 is 0 Å². The van der Waals surface area contributed by atoms with Crippen LogP contribution < -0.4 is 25.2 Å². The lowest BCUT2D eigenvalue weighted by molar-refractivity contribution is -0.922. The summed E-state index contributed by atoms with van der Waals surface area (Å²) in [6.07, 6.45) is 0. The summed E-state index contributed by atoms with van der Waals surface area (Å²) in [5.74, 6) is 0.569. The molecule has 3 amide bonds. The molecule has 29 heavy (non-hydrogen) atoms. The number of piperazine rings is 1. The number of ether oxygens (including phenoxy) is 1. The van der Waals surface area contributed by atoms with Crippen LogP contribution in [0, 0.1) is 0 Å². The number of nitrogens with zero attached hydrogens (tertiary/aromatic N) is 1. The summed E-state index contributed by atoms with van der Waals surface area (Å²) in [7, 11) is 1.66. The summed E-state index contributed by atoms with van der Waals surface area (Å²) in [5, 5.41) is 5.12. The number of nitrogens with one attached hydrogen (secondary N) is 3. The fourth-order valence-electron chi connectivity index (χ4n) is 3.74. The van der Waals surface area contributed by atoms with Gasteiger partial charge in [0.05, 0.1) is 33.3 Å². The number of rotatable bonds is 6. The van der Waals surface area contributed by atoms with Gasteiger partial charge in [-0.15, -0.1) is 0 Å². The minimum absolute atomic E-state index is 0.268. The van der Waals surface area contributed by atoms with Crippen molar-refractivity contribution in [3.63, 3.8) is 0 Å². The molecule has 0 aromatic heterocycles. The Bertz CT molecular complexity index is 803. The molecule has 0 unspecified atom stereocenters. The summed E-state index contributed by atoms with van der Waals surface area (Å²) in [4.78, 5) is 28.3. The molecule has 1 atom stereocenters. The molecule has 3 rings (SSSR count). The van der Waals surface area contributed by atoms with Gasteiger partial charge in [0.15, 0.2) is 6.04 Å². The lowest BCUT2D eigenvalue weighted by Crippen LogP contribution is -3.16. The Hall–Kier alpha value is -3.06. The molecule has 0 radical (unpaired) electrons.